The fourth-order valence-electron chi connectivity index (χ4n) is 3.04. The van der Waals surface area contributed by atoms with E-state index in [4.69, 9.17) is 21.1 Å². The van der Waals surface area contributed by atoms with E-state index in [0.717, 1.165) is 36.8 Å². The topological polar surface area (TPSA) is 52.6 Å². The van der Waals surface area contributed by atoms with Gasteiger partial charge >= 0.3 is 11.9 Å². The minimum Gasteiger partial charge on any atom is -0.461 e. The number of rotatable bonds is 11. The van der Waals surface area contributed by atoms with Crippen LogP contribution in [0.4, 0.5) is 0 Å². The molecule has 1 unspecified atom stereocenters. The molecule has 0 amide bonds. The second-order valence-corrected chi connectivity index (χ2v) is 8.48. The minimum absolute atomic E-state index is 0.174. The van der Waals surface area contributed by atoms with Crippen molar-refractivity contribution in [3.63, 3.8) is 0 Å². The summed E-state index contributed by atoms with van der Waals surface area (Å²) in [5.41, 5.74) is 2.42. The van der Waals surface area contributed by atoms with Gasteiger partial charge in [-0.05, 0) is 54.2 Å². The molecule has 0 heterocycles. The number of esters is 2. The van der Waals surface area contributed by atoms with Crippen molar-refractivity contribution >= 4 is 23.5 Å². The molecule has 0 aliphatic carbocycles. The molecule has 0 aliphatic heterocycles. The molecular formula is C25H31ClO4. The van der Waals surface area contributed by atoms with Crippen LogP contribution in [0, 0.1) is 5.92 Å². The van der Waals surface area contributed by atoms with Gasteiger partial charge in [0, 0.05) is 6.42 Å². The summed E-state index contributed by atoms with van der Waals surface area (Å²) in [5, 5.41) is -0.174. The van der Waals surface area contributed by atoms with E-state index in [-0.39, 0.29) is 23.9 Å². The van der Waals surface area contributed by atoms with E-state index >= 15 is 0 Å². The Hall–Kier alpha value is -2.33. The van der Waals surface area contributed by atoms with E-state index in [1.54, 1.807) is 24.3 Å². The second kappa shape index (κ2) is 12.4. The number of hydrogen-bond acceptors (Lipinski definition) is 4. The number of halogens is 1. The maximum Gasteiger partial charge on any atom is 0.338 e. The lowest BCUT2D eigenvalue weighted by molar-refractivity contribution is -0.134. The average Bonchev–Trinajstić information content (AvgIpc) is 2.72. The van der Waals surface area contributed by atoms with Crippen LogP contribution in [-0.2, 0) is 9.53 Å². The van der Waals surface area contributed by atoms with E-state index in [1.165, 1.54) is 0 Å². The Morgan fingerprint density at radius 3 is 2.10 bits per heavy atom. The molecule has 2 aromatic rings. The Morgan fingerprint density at radius 1 is 0.933 bits per heavy atom. The zero-order valence-electron chi connectivity index (χ0n) is 18.0. The Kier molecular flexibility index (Phi) is 9.88. The first-order valence-corrected chi connectivity index (χ1v) is 11.0. The molecule has 4 nitrogen and oxygen atoms in total. The molecule has 2 aromatic carbocycles. The molecule has 2 rings (SSSR count). The van der Waals surface area contributed by atoms with Gasteiger partial charge in [0.25, 0.3) is 0 Å². The van der Waals surface area contributed by atoms with Gasteiger partial charge in [-0.1, -0.05) is 57.9 Å². The van der Waals surface area contributed by atoms with Crippen molar-refractivity contribution in [2.75, 3.05) is 6.61 Å². The zero-order chi connectivity index (χ0) is 21.9. The van der Waals surface area contributed by atoms with Crippen LogP contribution in [0.15, 0.2) is 48.5 Å². The van der Waals surface area contributed by atoms with Gasteiger partial charge < -0.3 is 9.47 Å². The van der Waals surface area contributed by atoms with Gasteiger partial charge in [0.05, 0.1) is 10.9 Å². The molecule has 0 radical (unpaired) electrons. The van der Waals surface area contributed by atoms with Crippen molar-refractivity contribution in [1.82, 2.24) is 0 Å². The number of alkyl halides is 1. The Bertz CT molecular complexity index is 797. The van der Waals surface area contributed by atoms with E-state index < -0.39 is 0 Å². The molecule has 0 bridgehead atoms. The van der Waals surface area contributed by atoms with Gasteiger partial charge in [-0.3, -0.25) is 4.79 Å². The Labute approximate surface area is 184 Å². The van der Waals surface area contributed by atoms with Crippen molar-refractivity contribution in [2.24, 2.45) is 5.92 Å². The zero-order valence-corrected chi connectivity index (χ0v) is 18.8. The maximum absolute atomic E-state index is 12.2. The van der Waals surface area contributed by atoms with Crippen LogP contribution in [-0.4, -0.2) is 23.9 Å². The van der Waals surface area contributed by atoms with Crippen LogP contribution >= 0.6 is 11.6 Å². The summed E-state index contributed by atoms with van der Waals surface area (Å²) in [5.74, 6) is 0.423. The van der Waals surface area contributed by atoms with Crippen LogP contribution in [0.1, 0.15) is 63.2 Å². The van der Waals surface area contributed by atoms with Crippen molar-refractivity contribution < 1.29 is 19.1 Å². The number of carbonyl (C=O) groups excluding carboxylic acids is 2. The number of hydrogen-bond donors (Lipinski definition) is 0. The SMILES string of the molecule is CCCCCC(=O)Oc1ccc(-c2ccc(C(=O)OCC(Cl)CC(C)C)cc2)cc1. The van der Waals surface area contributed by atoms with Crippen molar-refractivity contribution in [1.29, 1.82) is 0 Å². The van der Waals surface area contributed by atoms with Crippen LogP contribution in [0.3, 0.4) is 0 Å². The lowest BCUT2D eigenvalue weighted by atomic mass is 10.0. The number of benzene rings is 2. The monoisotopic (exact) mass is 430 g/mol. The van der Waals surface area contributed by atoms with Gasteiger partial charge in [0.15, 0.2) is 0 Å². The van der Waals surface area contributed by atoms with Crippen molar-refractivity contribution in [3.8, 4) is 16.9 Å². The first-order valence-electron chi connectivity index (χ1n) is 10.6. The standard InChI is InChI=1S/C25H31ClO4/c1-4-5-6-7-24(27)30-23-14-12-20(13-15-23)19-8-10-21(11-9-19)25(28)29-17-22(26)16-18(2)3/h8-15,18,22H,4-7,16-17H2,1-3H3. The summed E-state index contributed by atoms with van der Waals surface area (Å²) in [6.45, 7) is 6.47. The quantitative estimate of drug-likeness (QED) is 0.173. The van der Waals surface area contributed by atoms with E-state index in [1.807, 2.05) is 24.3 Å². The lowest BCUT2D eigenvalue weighted by Crippen LogP contribution is -2.16. The maximum atomic E-state index is 12.2. The fraction of sp³-hybridized carbons (Fsp3) is 0.440. The fourth-order valence-corrected chi connectivity index (χ4v) is 3.46. The average molecular weight is 431 g/mol. The molecule has 0 N–H and O–H groups in total. The highest BCUT2D eigenvalue weighted by molar-refractivity contribution is 6.20. The molecule has 1 atom stereocenters. The van der Waals surface area contributed by atoms with Crippen LogP contribution < -0.4 is 4.74 Å². The third kappa shape index (κ3) is 8.19. The smallest absolute Gasteiger partial charge is 0.338 e. The molecule has 0 aliphatic rings. The van der Waals surface area contributed by atoms with Gasteiger partial charge in [-0.15, -0.1) is 11.6 Å². The molecule has 30 heavy (non-hydrogen) atoms. The predicted molar refractivity (Wildman–Crippen MR) is 121 cm³/mol. The van der Waals surface area contributed by atoms with Crippen molar-refractivity contribution in [3.05, 3.63) is 54.1 Å². The molecular weight excluding hydrogens is 400 g/mol. The first-order chi connectivity index (χ1) is 14.4. The van der Waals surface area contributed by atoms with Gasteiger partial charge in [0.2, 0.25) is 0 Å². The summed E-state index contributed by atoms with van der Waals surface area (Å²) < 4.78 is 10.7. The van der Waals surface area contributed by atoms with Gasteiger partial charge in [-0.25, -0.2) is 4.79 Å². The Balaban J connectivity index is 1.89. The molecule has 5 heteroatoms. The molecule has 0 spiro atoms. The molecule has 162 valence electrons. The summed E-state index contributed by atoms with van der Waals surface area (Å²) in [7, 11) is 0. The highest BCUT2D eigenvalue weighted by Crippen LogP contribution is 2.23. The minimum atomic E-state index is -0.374. The summed E-state index contributed by atoms with van der Waals surface area (Å²) >= 11 is 6.18. The molecule has 0 aromatic heterocycles. The molecule has 0 saturated carbocycles. The largest absolute Gasteiger partial charge is 0.461 e. The predicted octanol–water partition coefficient (Wildman–Crippen LogP) is 6.65. The van der Waals surface area contributed by atoms with Crippen LogP contribution in [0.5, 0.6) is 5.75 Å². The first kappa shape index (κ1) is 23.9. The van der Waals surface area contributed by atoms with Crippen LogP contribution in [0.2, 0.25) is 0 Å². The summed E-state index contributed by atoms with van der Waals surface area (Å²) in [4.78, 5) is 24.0. The highest BCUT2D eigenvalue weighted by Gasteiger charge is 2.13. The van der Waals surface area contributed by atoms with Crippen molar-refractivity contribution in [2.45, 2.75) is 58.3 Å². The normalized spacial score (nSPS) is 11.9. The van der Waals surface area contributed by atoms with Gasteiger partial charge in [0.1, 0.15) is 12.4 Å². The van der Waals surface area contributed by atoms with E-state index in [2.05, 4.69) is 20.8 Å². The second-order valence-electron chi connectivity index (χ2n) is 7.86. The van der Waals surface area contributed by atoms with Gasteiger partial charge in [-0.2, -0.15) is 0 Å². The number of carbonyl (C=O) groups is 2. The lowest BCUT2D eigenvalue weighted by Gasteiger charge is -2.12. The summed E-state index contributed by atoms with van der Waals surface area (Å²) in [6, 6.07) is 14.6. The van der Waals surface area contributed by atoms with E-state index in [0.29, 0.717) is 23.7 Å². The number of ether oxygens (including phenoxy) is 2. The highest BCUT2D eigenvalue weighted by atomic mass is 35.5. The number of unbranched alkanes of at least 4 members (excludes halogenated alkanes) is 2. The van der Waals surface area contributed by atoms with E-state index in [9.17, 15) is 9.59 Å². The van der Waals surface area contributed by atoms with Crippen LogP contribution in [0.25, 0.3) is 11.1 Å². The molecule has 0 saturated heterocycles. The molecule has 0 fully saturated rings. The third-order valence-electron chi connectivity index (χ3n) is 4.65. The summed E-state index contributed by atoms with van der Waals surface area (Å²) in [6.07, 6.45) is 4.20. The Morgan fingerprint density at radius 2 is 1.53 bits per heavy atom. The third-order valence-corrected chi connectivity index (χ3v) is 4.95.